The second-order valence-electron chi connectivity index (χ2n) is 5.83. The molecule has 1 aromatic carbocycles. The number of aromatic nitrogens is 1. The van der Waals surface area contributed by atoms with Crippen molar-refractivity contribution in [3.05, 3.63) is 36.4 Å². The molecule has 14 nitrogen and oxygen atoms in total. The van der Waals surface area contributed by atoms with Gasteiger partial charge in [-0.3, -0.25) is 9.69 Å². The van der Waals surface area contributed by atoms with Crippen LogP contribution >= 0.6 is 7.82 Å². The number of nitrogens with two attached hydrogens (primary N) is 2. The lowest BCUT2D eigenvalue weighted by Crippen LogP contribution is -2.22. The average Bonchev–Trinajstić information content (AvgIpc) is 2.73. The lowest BCUT2D eigenvalue weighted by Gasteiger charge is -2.18. The zero-order valence-corrected chi connectivity index (χ0v) is 17.9. The Morgan fingerprint density at radius 3 is 2.56 bits per heavy atom. The van der Waals surface area contributed by atoms with Gasteiger partial charge in [-0.25, -0.2) is 18.9 Å². The van der Waals surface area contributed by atoms with Gasteiger partial charge >= 0.3 is 14.0 Å². The average molecular weight is 468 g/mol. The SMILES string of the molecule is COC(=O)OC(C)OP(=O)(O)Oc1ccccc1/N=N/c1ccc(NC(=O)CN)nc1N. The van der Waals surface area contributed by atoms with E-state index in [1.165, 1.54) is 37.3 Å². The molecule has 6 N–H and O–H groups in total. The number of para-hydroxylation sites is 1. The molecule has 15 heteroatoms. The highest BCUT2D eigenvalue weighted by Gasteiger charge is 2.29. The fourth-order valence-corrected chi connectivity index (χ4v) is 2.94. The summed E-state index contributed by atoms with van der Waals surface area (Å²) >= 11 is 0. The minimum Gasteiger partial charge on any atom is -0.438 e. The second-order valence-corrected chi connectivity index (χ2v) is 7.16. The van der Waals surface area contributed by atoms with Crippen molar-refractivity contribution < 1.29 is 37.6 Å². The summed E-state index contributed by atoms with van der Waals surface area (Å²) in [6.45, 7) is 0.982. The lowest BCUT2D eigenvalue weighted by molar-refractivity contribution is -0.114. The highest BCUT2D eigenvalue weighted by Crippen LogP contribution is 2.48. The highest BCUT2D eigenvalue weighted by atomic mass is 31.2. The van der Waals surface area contributed by atoms with E-state index in [-0.39, 0.29) is 35.3 Å². The number of methoxy groups -OCH3 is 1. The van der Waals surface area contributed by atoms with Crippen LogP contribution in [-0.2, 0) is 23.4 Å². The Hall–Kier alpha value is -3.58. The number of hydrogen-bond acceptors (Lipinski definition) is 12. The molecule has 0 radical (unpaired) electrons. The van der Waals surface area contributed by atoms with Gasteiger partial charge < -0.3 is 30.8 Å². The van der Waals surface area contributed by atoms with Crippen molar-refractivity contribution in [2.45, 2.75) is 13.2 Å². The Labute approximate surface area is 182 Å². The van der Waals surface area contributed by atoms with Gasteiger partial charge in [0.2, 0.25) is 12.2 Å². The van der Waals surface area contributed by atoms with Crippen LogP contribution in [0, 0.1) is 0 Å². The number of azo groups is 1. The fraction of sp³-hybridized carbons (Fsp3) is 0.235. The maximum absolute atomic E-state index is 12.2. The molecule has 0 aliphatic heterocycles. The first kappa shape index (κ1) is 24.7. The van der Waals surface area contributed by atoms with E-state index >= 15 is 0 Å². The smallest absolute Gasteiger partial charge is 0.438 e. The molecule has 0 aliphatic rings. The zero-order chi connectivity index (χ0) is 23.7. The Morgan fingerprint density at radius 1 is 1.22 bits per heavy atom. The van der Waals surface area contributed by atoms with Crippen LogP contribution in [0.25, 0.3) is 0 Å². The quantitative estimate of drug-likeness (QED) is 0.182. The van der Waals surface area contributed by atoms with Crippen LogP contribution in [0.5, 0.6) is 5.75 Å². The van der Waals surface area contributed by atoms with Crippen LogP contribution < -0.4 is 21.3 Å². The van der Waals surface area contributed by atoms with Crippen molar-refractivity contribution in [2.24, 2.45) is 16.0 Å². The van der Waals surface area contributed by atoms with Crippen molar-refractivity contribution in [2.75, 3.05) is 24.7 Å². The predicted octanol–water partition coefficient (Wildman–Crippen LogP) is 2.60. The second kappa shape index (κ2) is 11.2. The number of amides is 1. The van der Waals surface area contributed by atoms with Gasteiger partial charge in [-0.2, -0.15) is 0 Å². The number of anilines is 2. The van der Waals surface area contributed by atoms with E-state index in [1.807, 2.05) is 0 Å². The van der Waals surface area contributed by atoms with Crippen molar-refractivity contribution >= 4 is 42.9 Å². The molecule has 32 heavy (non-hydrogen) atoms. The Kier molecular flexibility index (Phi) is 8.61. The number of rotatable bonds is 9. The van der Waals surface area contributed by atoms with Gasteiger partial charge in [-0.1, -0.05) is 12.1 Å². The van der Waals surface area contributed by atoms with Gasteiger partial charge in [0.05, 0.1) is 13.7 Å². The summed E-state index contributed by atoms with van der Waals surface area (Å²) in [5, 5.41) is 10.3. The molecule has 0 spiro atoms. The predicted molar refractivity (Wildman–Crippen MR) is 111 cm³/mol. The molecular weight excluding hydrogens is 447 g/mol. The number of benzene rings is 1. The molecule has 2 aromatic rings. The molecular formula is C17H21N6O8P. The summed E-state index contributed by atoms with van der Waals surface area (Å²) in [7, 11) is -3.65. The number of pyridine rings is 1. The maximum Gasteiger partial charge on any atom is 0.530 e. The number of nitrogen functional groups attached to an aromatic ring is 1. The van der Waals surface area contributed by atoms with Gasteiger partial charge in [0.1, 0.15) is 17.2 Å². The van der Waals surface area contributed by atoms with Crippen molar-refractivity contribution in [1.82, 2.24) is 4.98 Å². The van der Waals surface area contributed by atoms with E-state index < -0.39 is 26.2 Å². The number of phosphoric acid groups is 1. The first-order valence-electron chi connectivity index (χ1n) is 8.86. The third-order valence-corrected chi connectivity index (χ3v) is 4.40. The highest BCUT2D eigenvalue weighted by molar-refractivity contribution is 7.47. The molecule has 1 aromatic heterocycles. The maximum atomic E-state index is 12.2. The Balaban J connectivity index is 2.15. The van der Waals surface area contributed by atoms with Crippen molar-refractivity contribution in [3.63, 3.8) is 0 Å². The standard InChI is InChI=1S/C17H21N6O8P/c1-10(29-17(25)28-2)30-32(26,27)31-13-6-4-3-5-11(13)22-23-12-7-8-14(21-16(12)19)20-15(24)9-18/h3-8,10H,9,18H2,1-2H3,(H,26,27)(H3,19,20,21,24)/b23-22+. The number of carbonyl (C=O) groups is 2. The molecule has 1 heterocycles. The fourth-order valence-electron chi connectivity index (χ4n) is 2.08. The topological polar surface area (TPSA) is 210 Å². The molecule has 2 unspecified atom stereocenters. The molecule has 2 atom stereocenters. The molecule has 0 bridgehead atoms. The molecule has 2 rings (SSSR count). The lowest BCUT2D eigenvalue weighted by atomic mass is 10.3. The van der Waals surface area contributed by atoms with E-state index in [2.05, 4.69) is 30.0 Å². The molecule has 172 valence electrons. The number of nitrogens with one attached hydrogen (secondary N) is 1. The van der Waals surface area contributed by atoms with Gasteiger partial charge in [-0.05, 0) is 31.2 Å². The first-order chi connectivity index (χ1) is 15.1. The van der Waals surface area contributed by atoms with Crippen LogP contribution in [0.15, 0.2) is 46.6 Å². The third-order valence-electron chi connectivity index (χ3n) is 3.41. The van der Waals surface area contributed by atoms with Gasteiger partial charge in [0.25, 0.3) is 0 Å². The third kappa shape index (κ3) is 7.59. The number of phosphoric ester groups is 1. The van der Waals surface area contributed by atoms with Crippen LogP contribution in [0.4, 0.5) is 27.8 Å². The number of nitrogens with zero attached hydrogens (tertiary/aromatic N) is 3. The van der Waals surface area contributed by atoms with Gasteiger partial charge in [0, 0.05) is 0 Å². The normalized spacial score (nSPS) is 13.8. The van der Waals surface area contributed by atoms with Crippen LogP contribution in [0.1, 0.15) is 6.92 Å². The van der Waals surface area contributed by atoms with E-state index in [9.17, 15) is 19.0 Å². The summed E-state index contributed by atoms with van der Waals surface area (Å²) in [6, 6.07) is 8.80. The number of carbonyl (C=O) groups excluding carboxylic acids is 2. The monoisotopic (exact) mass is 468 g/mol. The minimum atomic E-state index is -4.71. The van der Waals surface area contributed by atoms with E-state index in [0.717, 1.165) is 7.11 Å². The van der Waals surface area contributed by atoms with Crippen molar-refractivity contribution in [3.8, 4) is 5.75 Å². The largest absolute Gasteiger partial charge is 0.530 e. The number of ether oxygens (including phenoxy) is 2. The van der Waals surface area contributed by atoms with E-state index in [4.69, 9.17) is 20.5 Å². The molecule has 0 aliphatic carbocycles. The van der Waals surface area contributed by atoms with Gasteiger partial charge in [-0.15, -0.1) is 10.2 Å². The van der Waals surface area contributed by atoms with Crippen LogP contribution in [-0.4, -0.2) is 41.9 Å². The zero-order valence-electron chi connectivity index (χ0n) is 17.0. The molecule has 0 saturated carbocycles. The number of hydrogen-bond donors (Lipinski definition) is 4. The first-order valence-corrected chi connectivity index (χ1v) is 10.4. The molecule has 0 saturated heterocycles. The van der Waals surface area contributed by atoms with Crippen molar-refractivity contribution in [1.29, 1.82) is 0 Å². The Morgan fingerprint density at radius 2 is 1.91 bits per heavy atom. The minimum absolute atomic E-state index is 0.0353. The van der Waals surface area contributed by atoms with Crippen LogP contribution in [0.3, 0.4) is 0 Å². The molecule has 0 fully saturated rings. The summed E-state index contributed by atoms with van der Waals surface area (Å²) in [4.78, 5) is 36.3. The van der Waals surface area contributed by atoms with Crippen LogP contribution in [0.2, 0.25) is 0 Å². The summed E-state index contributed by atoms with van der Waals surface area (Å²) < 4.78 is 30.8. The van der Waals surface area contributed by atoms with E-state index in [0.29, 0.717) is 0 Å². The summed E-state index contributed by atoms with van der Waals surface area (Å²) in [6.07, 6.45) is -2.54. The molecule has 1 amide bonds. The summed E-state index contributed by atoms with van der Waals surface area (Å²) in [5.41, 5.74) is 11.3. The summed E-state index contributed by atoms with van der Waals surface area (Å²) in [5.74, 6) is -0.445. The van der Waals surface area contributed by atoms with E-state index in [1.54, 1.807) is 6.07 Å². The Bertz CT molecular complexity index is 1050. The van der Waals surface area contributed by atoms with Gasteiger partial charge in [0.15, 0.2) is 11.6 Å².